The van der Waals surface area contributed by atoms with Crippen molar-refractivity contribution in [3.8, 4) is 5.75 Å². The summed E-state index contributed by atoms with van der Waals surface area (Å²) in [6.45, 7) is 1.66. The number of nitrogens with one attached hydrogen (secondary N) is 1. The zero-order chi connectivity index (χ0) is 16.8. The number of hydrogen-bond donors (Lipinski definition) is 3. The first-order chi connectivity index (χ1) is 11.0. The van der Waals surface area contributed by atoms with Crippen LogP contribution in [-0.2, 0) is 9.59 Å². The number of aliphatic carboxylic acids is 1. The van der Waals surface area contributed by atoms with E-state index in [-0.39, 0.29) is 12.5 Å². The Balaban J connectivity index is 1.89. The van der Waals surface area contributed by atoms with Gasteiger partial charge in [-0.1, -0.05) is 18.2 Å². The number of hydrogen-bond acceptors (Lipinski definition) is 5. The summed E-state index contributed by atoms with van der Waals surface area (Å²) in [6, 6.07) is 8.77. The number of carboxylic acid groups (broad SMARTS) is 1. The molecule has 1 heterocycles. The SMILES string of the molecule is Cc1cccnc1NC(=O)COc1ccc(C(N)C(=O)O)cc1. The van der Waals surface area contributed by atoms with Crippen LogP contribution in [0, 0.1) is 6.92 Å². The Labute approximate surface area is 133 Å². The number of nitrogens with two attached hydrogens (primary N) is 1. The van der Waals surface area contributed by atoms with Crippen LogP contribution >= 0.6 is 0 Å². The van der Waals surface area contributed by atoms with Crippen LogP contribution in [-0.4, -0.2) is 28.6 Å². The first-order valence-electron chi connectivity index (χ1n) is 6.90. The number of anilines is 1. The number of nitrogens with zero attached hydrogens (tertiary/aromatic N) is 1. The number of pyridine rings is 1. The van der Waals surface area contributed by atoms with Crippen LogP contribution in [0.5, 0.6) is 5.75 Å². The highest BCUT2D eigenvalue weighted by molar-refractivity contribution is 5.91. The lowest BCUT2D eigenvalue weighted by Gasteiger charge is -2.10. The summed E-state index contributed by atoms with van der Waals surface area (Å²) in [7, 11) is 0. The molecular weight excluding hydrogens is 298 g/mol. The predicted molar refractivity (Wildman–Crippen MR) is 84.1 cm³/mol. The molecule has 1 unspecified atom stereocenters. The van der Waals surface area contributed by atoms with E-state index in [1.807, 2.05) is 13.0 Å². The lowest BCUT2D eigenvalue weighted by molar-refractivity contribution is -0.138. The fraction of sp³-hybridized carbons (Fsp3) is 0.188. The molecule has 120 valence electrons. The van der Waals surface area contributed by atoms with Gasteiger partial charge in [-0.2, -0.15) is 0 Å². The molecule has 0 saturated carbocycles. The Morgan fingerprint density at radius 2 is 2.00 bits per heavy atom. The van der Waals surface area contributed by atoms with E-state index in [9.17, 15) is 9.59 Å². The van der Waals surface area contributed by atoms with Crippen LogP contribution in [0.2, 0.25) is 0 Å². The van der Waals surface area contributed by atoms with Gasteiger partial charge in [0.05, 0.1) is 0 Å². The maximum Gasteiger partial charge on any atom is 0.325 e. The third kappa shape index (κ3) is 4.52. The number of amides is 1. The molecule has 2 rings (SSSR count). The molecule has 0 fully saturated rings. The monoisotopic (exact) mass is 315 g/mol. The largest absolute Gasteiger partial charge is 0.484 e. The number of aromatic nitrogens is 1. The number of carbonyl (C=O) groups is 2. The summed E-state index contributed by atoms with van der Waals surface area (Å²) in [5, 5.41) is 11.5. The number of ether oxygens (including phenoxy) is 1. The number of carboxylic acids is 1. The molecule has 1 amide bonds. The molecule has 1 aromatic heterocycles. The molecule has 0 aliphatic rings. The zero-order valence-electron chi connectivity index (χ0n) is 12.5. The molecular formula is C16H17N3O4. The lowest BCUT2D eigenvalue weighted by atomic mass is 10.1. The van der Waals surface area contributed by atoms with Crippen molar-refractivity contribution >= 4 is 17.7 Å². The van der Waals surface area contributed by atoms with Crippen molar-refractivity contribution in [2.45, 2.75) is 13.0 Å². The van der Waals surface area contributed by atoms with Crippen LogP contribution in [0.4, 0.5) is 5.82 Å². The minimum atomic E-state index is -1.11. The number of benzene rings is 1. The van der Waals surface area contributed by atoms with E-state index in [0.29, 0.717) is 17.1 Å². The van der Waals surface area contributed by atoms with Gasteiger partial charge in [0.2, 0.25) is 0 Å². The second kappa shape index (κ2) is 7.37. The molecule has 0 aliphatic carbocycles. The highest BCUT2D eigenvalue weighted by atomic mass is 16.5. The second-order valence-corrected chi connectivity index (χ2v) is 4.89. The van der Waals surface area contributed by atoms with Gasteiger partial charge in [0.15, 0.2) is 6.61 Å². The van der Waals surface area contributed by atoms with Gasteiger partial charge in [-0.25, -0.2) is 4.98 Å². The normalized spacial score (nSPS) is 11.6. The minimum absolute atomic E-state index is 0.180. The van der Waals surface area contributed by atoms with Crippen LogP contribution in [0.15, 0.2) is 42.6 Å². The number of carbonyl (C=O) groups excluding carboxylic acids is 1. The molecule has 0 bridgehead atoms. The molecule has 0 aliphatic heterocycles. The second-order valence-electron chi connectivity index (χ2n) is 4.89. The summed E-state index contributed by atoms with van der Waals surface area (Å²) >= 11 is 0. The quantitative estimate of drug-likeness (QED) is 0.744. The molecule has 0 spiro atoms. The highest BCUT2D eigenvalue weighted by Crippen LogP contribution is 2.17. The molecule has 1 aromatic carbocycles. The van der Waals surface area contributed by atoms with Crippen LogP contribution in [0.1, 0.15) is 17.2 Å². The van der Waals surface area contributed by atoms with Gasteiger partial charge in [0, 0.05) is 6.20 Å². The predicted octanol–water partition coefficient (Wildman–Crippen LogP) is 1.49. The van der Waals surface area contributed by atoms with Gasteiger partial charge < -0.3 is 20.9 Å². The molecule has 1 atom stereocenters. The molecule has 0 saturated heterocycles. The topological polar surface area (TPSA) is 115 Å². The molecule has 23 heavy (non-hydrogen) atoms. The van der Waals surface area contributed by atoms with E-state index in [2.05, 4.69) is 10.3 Å². The maximum absolute atomic E-state index is 11.8. The van der Waals surface area contributed by atoms with Crippen LogP contribution < -0.4 is 15.8 Å². The average molecular weight is 315 g/mol. The van der Waals surface area contributed by atoms with Gasteiger partial charge in [-0.3, -0.25) is 9.59 Å². The van der Waals surface area contributed by atoms with Crippen LogP contribution in [0.25, 0.3) is 0 Å². The van der Waals surface area contributed by atoms with Crippen LogP contribution in [0.3, 0.4) is 0 Å². The van der Waals surface area contributed by atoms with Crippen molar-refractivity contribution in [2.24, 2.45) is 5.73 Å². The highest BCUT2D eigenvalue weighted by Gasteiger charge is 2.14. The number of aryl methyl sites for hydroxylation is 1. The summed E-state index contributed by atoms with van der Waals surface area (Å²) in [4.78, 5) is 26.7. The Kier molecular flexibility index (Phi) is 5.27. The van der Waals surface area contributed by atoms with E-state index in [1.165, 1.54) is 0 Å². The average Bonchev–Trinajstić information content (AvgIpc) is 2.55. The first kappa shape index (κ1) is 16.4. The fourth-order valence-corrected chi connectivity index (χ4v) is 1.85. The van der Waals surface area contributed by atoms with E-state index < -0.39 is 12.0 Å². The summed E-state index contributed by atoms with van der Waals surface area (Å²) in [6.07, 6.45) is 1.59. The zero-order valence-corrected chi connectivity index (χ0v) is 12.5. The van der Waals surface area contributed by atoms with Crippen molar-refractivity contribution in [1.29, 1.82) is 0 Å². The van der Waals surface area contributed by atoms with Gasteiger partial charge in [0.25, 0.3) is 5.91 Å². The third-order valence-corrected chi connectivity index (χ3v) is 3.14. The molecule has 2 aromatic rings. The summed E-state index contributed by atoms with van der Waals surface area (Å²) in [5.41, 5.74) is 6.81. The lowest BCUT2D eigenvalue weighted by Crippen LogP contribution is -2.21. The molecule has 7 heteroatoms. The third-order valence-electron chi connectivity index (χ3n) is 3.14. The maximum atomic E-state index is 11.8. The standard InChI is InChI=1S/C16H17N3O4/c1-10-3-2-8-18-15(10)19-13(20)9-23-12-6-4-11(5-7-12)14(17)16(21)22/h2-8,14H,9,17H2,1H3,(H,21,22)(H,18,19,20). The smallest absolute Gasteiger partial charge is 0.325 e. The van der Waals surface area contributed by atoms with E-state index in [4.69, 9.17) is 15.6 Å². The Bertz CT molecular complexity index is 701. The van der Waals surface area contributed by atoms with Gasteiger partial charge in [0.1, 0.15) is 17.6 Å². The molecule has 4 N–H and O–H groups in total. The minimum Gasteiger partial charge on any atom is -0.484 e. The van der Waals surface area contributed by atoms with Crippen molar-refractivity contribution in [2.75, 3.05) is 11.9 Å². The Morgan fingerprint density at radius 1 is 1.30 bits per heavy atom. The molecule has 7 nitrogen and oxygen atoms in total. The van der Waals surface area contributed by atoms with Crippen molar-refractivity contribution in [3.63, 3.8) is 0 Å². The summed E-state index contributed by atoms with van der Waals surface area (Å²) in [5.74, 6) is -0.509. The Morgan fingerprint density at radius 3 is 2.61 bits per heavy atom. The Hall–Kier alpha value is -2.93. The summed E-state index contributed by atoms with van der Waals surface area (Å²) < 4.78 is 5.35. The number of rotatable bonds is 6. The fourth-order valence-electron chi connectivity index (χ4n) is 1.85. The first-order valence-corrected chi connectivity index (χ1v) is 6.90. The van der Waals surface area contributed by atoms with Crippen molar-refractivity contribution in [3.05, 3.63) is 53.7 Å². The van der Waals surface area contributed by atoms with Crippen molar-refractivity contribution < 1.29 is 19.4 Å². The van der Waals surface area contributed by atoms with Gasteiger partial charge >= 0.3 is 5.97 Å². The van der Waals surface area contributed by atoms with E-state index in [1.54, 1.807) is 36.5 Å². The van der Waals surface area contributed by atoms with Crippen molar-refractivity contribution in [1.82, 2.24) is 4.98 Å². The van der Waals surface area contributed by atoms with Gasteiger partial charge in [-0.15, -0.1) is 0 Å². The van der Waals surface area contributed by atoms with Gasteiger partial charge in [-0.05, 0) is 36.2 Å². The van der Waals surface area contributed by atoms with E-state index >= 15 is 0 Å². The van der Waals surface area contributed by atoms with E-state index in [0.717, 1.165) is 5.56 Å². The molecule has 0 radical (unpaired) electrons.